The fraction of sp³-hybridized carbons (Fsp3) is 0.520. The lowest BCUT2D eigenvalue weighted by Gasteiger charge is -2.30. The Morgan fingerprint density at radius 1 is 1.09 bits per heavy atom. The first-order valence-electron chi connectivity index (χ1n) is 11.9. The normalized spacial score (nSPS) is 13.8. The molecule has 2 heterocycles. The second-order valence-electron chi connectivity index (χ2n) is 8.33. The third-order valence-corrected chi connectivity index (χ3v) is 5.87. The molecule has 0 aliphatic carbocycles. The first kappa shape index (κ1) is 26.4. The smallest absolute Gasteiger partial charge is 0.274 e. The zero-order chi connectivity index (χ0) is 25.0. The maximum atomic E-state index is 13.1. The Bertz CT molecular complexity index is 963. The summed E-state index contributed by atoms with van der Waals surface area (Å²) in [6.45, 7) is 6.90. The summed E-state index contributed by atoms with van der Waals surface area (Å²) < 4.78 is 16.0. The van der Waals surface area contributed by atoms with E-state index in [0.717, 1.165) is 30.9 Å². The van der Waals surface area contributed by atoms with Gasteiger partial charge in [-0.25, -0.2) is 4.98 Å². The molecule has 190 valence electrons. The van der Waals surface area contributed by atoms with Gasteiger partial charge in [0, 0.05) is 51.9 Å². The Morgan fingerprint density at radius 3 is 2.54 bits per heavy atom. The first-order chi connectivity index (χ1) is 17.0. The van der Waals surface area contributed by atoms with Crippen molar-refractivity contribution in [2.24, 2.45) is 0 Å². The molecule has 0 unspecified atom stereocenters. The fourth-order valence-electron chi connectivity index (χ4n) is 3.77. The predicted octanol–water partition coefficient (Wildman–Crippen LogP) is 1.33. The number of benzene rings is 1. The van der Waals surface area contributed by atoms with Crippen molar-refractivity contribution in [2.75, 3.05) is 66.7 Å². The maximum Gasteiger partial charge on any atom is 0.274 e. The zero-order valence-electron chi connectivity index (χ0n) is 20.8. The van der Waals surface area contributed by atoms with Crippen LogP contribution in [0.25, 0.3) is 0 Å². The second kappa shape index (κ2) is 13.6. The van der Waals surface area contributed by atoms with E-state index in [4.69, 9.17) is 14.2 Å². The van der Waals surface area contributed by atoms with E-state index in [-0.39, 0.29) is 23.9 Å². The largest absolute Gasteiger partial charge is 0.493 e. The van der Waals surface area contributed by atoms with Crippen LogP contribution in [0, 0.1) is 6.92 Å². The van der Waals surface area contributed by atoms with Crippen LogP contribution >= 0.6 is 0 Å². The molecular formula is C25H35N5O5. The van der Waals surface area contributed by atoms with E-state index in [1.807, 2.05) is 25.1 Å². The highest BCUT2D eigenvalue weighted by atomic mass is 16.5. The predicted molar refractivity (Wildman–Crippen MR) is 131 cm³/mol. The van der Waals surface area contributed by atoms with Gasteiger partial charge in [0.1, 0.15) is 5.69 Å². The maximum absolute atomic E-state index is 13.1. The molecule has 0 spiro atoms. The number of rotatable bonds is 12. The van der Waals surface area contributed by atoms with E-state index >= 15 is 0 Å². The first-order valence-corrected chi connectivity index (χ1v) is 11.9. The minimum absolute atomic E-state index is 0.107. The van der Waals surface area contributed by atoms with E-state index in [1.54, 1.807) is 25.3 Å². The summed E-state index contributed by atoms with van der Waals surface area (Å²) in [6.07, 6.45) is 3.93. The van der Waals surface area contributed by atoms with E-state index in [2.05, 4.69) is 20.2 Å². The molecule has 10 nitrogen and oxygen atoms in total. The standard InChI is InChI=1S/C25H35N5O5/c1-19-17-28-21(18-27-19)25(32)30(11-10-29-12-14-35-15-13-29)9-7-24(31)26-8-6-20-4-5-22(33-2)23(16-20)34-3/h4-5,16-18H,6-15H2,1-3H3,(H,26,31). The number of morpholine rings is 1. The van der Waals surface area contributed by atoms with Gasteiger partial charge in [-0.15, -0.1) is 0 Å². The van der Waals surface area contributed by atoms with Crippen molar-refractivity contribution in [1.29, 1.82) is 0 Å². The lowest BCUT2D eigenvalue weighted by atomic mass is 10.1. The Hall–Kier alpha value is -3.24. The number of carbonyl (C=O) groups is 2. The molecule has 1 aromatic carbocycles. The summed E-state index contributed by atoms with van der Waals surface area (Å²) in [5.41, 5.74) is 2.06. The molecule has 1 N–H and O–H groups in total. The van der Waals surface area contributed by atoms with Crippen molar-refractivity contribution < 1.29 is 23.8 Å². The van der Waals surface area contributed by atoms with E-state index < -0.39 is 0 Å². The highest BCUT2D eigenvalue weighted by molar-refractivity contribution is 5.92. The van der Waals surface area contributed by atoms with Crippen LogP contribution in [0.5, 0.6) is 11.5 Å². The molecule has 1 aliphatic rings. The number of hydrogen-bond donors (Lipinski definition) is 1. The fourth-order valence-corrected chi connectivity index (χ4v) is 3.77. The lowest BCUT2D eigenvalue weighted by molar-refractivity contribution is -0.121. The highest BCUT2D eigenvalue weighted by Crippen LogP contribution is 2.27. The number of ether oxygens (including phenoxy) is 3. The third-order valence-electron chi connectivity index (χ3n) is 5.87. The molecule has 1 saturated heterocycles. The molecule has 2 amide bonds. The Kier molecular flexibility index (Phi) is 10.2. The van der Waals surface area contributed by atoms with Gasteiger partial charge in [-0.3, -0.25) is 19.5 Å². The summed E-state index contributed by atoms with van der Waals surface area (Å²) in [6, 6.07) is 5.70. The molecule has 35 heavy (non-hydrogen) atoms. The molecule has 1 aromatic heterocycles. The van der Waals surface area contributed by atoms with Crippen molar-refractivity contribution in [3.8, 4) is 11.5 Å². The Morgan fingerprint density at radius 2 is 1.86 bits per heavy atom. The average molecular weight is 486 g/mol. The van der Waals surface area contributed by atoms with Gasteiger partial charge < -0.3 is 24.4 Å². The molecule has 1 aliphatic heterocycles. The topological polar surface area (TPSA) is 106 Å². The quantitative estimate of drug-likeness (QED) is 0.480. The molecule has 0 bridgehead atoms. The number of carbonyl (C=O) groups excluding carboxylic acids is 2. The van der Waals surface area contributed by atoms with Gasteiger partial charge in [-0.2, -0.15) is 0 Å². The number of amides is 2. The molecule has 0 atom stereocenters. The average Bonchev–Trinajstić information content (AvgIpc) is 2.89. The van der Waals surface area contributed by atoms with Crippen LogP contribution < -0.4 is 14.8 Å². The summed E-state index contributed by atoms with van der Waals surface area (Å²) in [4.78, 5) is 38.0. The molecule has 0 radical (unpaired) electrons. The SMILES string of the molecule is COc1ccc(CCNC(=O)CCN(CCN2CCOCC2)C(=O)c2cnc(C)cn2)cc1OC. The van der Waals surface area contributed by atoms with Crippen LogP contribution in [0.15, 0.2) is 30.6 Å². The zero-order valence-corrected chi connectivity index (χ0v) is 20.8. The van der Waals surface area contributed by atoms with Crippen LogP contribution in [0.3, 0.4) is 0 Å². The lowest BCUT2D eigenvalue weighted by Crippen LogP contribution is -2.44. The van der Waals surface area contributed by atoms with Gasteiger partial charge in [0.05, 0.1) is 39.3 Å². The van der Waals surface area contributed by atoms with Crippen molar-refractivity contribution >= 4 is 11.8 Å². The third kappa shape index (κ3) is 8.18. The van der Waals surface area contributed by atoms with E-state index in [0.29, 0.717) is 50.8 Å². The van der Waals surface area contributed by atoms with Crippen molar-refractivity contribution in [3.05, 3.63) is 47.5 Å². The Balaban J connectivity index is 1.51. The summed E-state index contributed by atoms with van der Waals surface area (Å²) in [7, 11) is 3.19. The van der Waals surface area contributed by atoms with Gasteiger partial charge in [-0.05, 0) is 31.0 Å². The minimum atomic E-state index is -0.219. The van der Waals surface area contributed by atoms with Gasteiger partial charge in [0.2, 0.25) is 5.91 Å². The van der Waals surface area contributed by atoms with E-state index in [9.17, 15) is 9.59 Å². The molecule has 10 heteroatoms. The molecule has 2 aromatic rings. The Labute approximate surface area is 206 Å². The van der Waals surface area contributed by atoms with Crippen LogP contribution in [0.2, 0.25) is 0 Å². The number of nitrogens with one attached hydrogen (secondary N) is 1. The van der Waals surface area contributed by atoms with Gasteiger partial charge >= 0.3 is 0 Å². The van der Waals surface area contributed by atoms with Crippen LogP contribution in [0.4, 0.5) is 0 Å². The number of hydrogen-bond acceptors (Lipinski definition) is 8. The minimum Gasteiger partial charge on any atom is -0.493 e. The monoisotopic (exact) mass is 485 g/mol. The van der Waals surface area contributed by atoms with E-state index in [1.165, 1.54) is 6.20 Å². The van der Waals surface area contributed by atoms with Crippen LogP contribution in [-0.4, -0.2) is 98.3 Å². The molecule has 0 saturated carbocycles. The van der Waals surface area contributed by atoms with Gasteiger partial charge in [0.15, 0.2) is 11.5 Å². The van der Waals surface area contributed by atoms with Gasteiger partial charge in [-0.1, -0.05) is 6.07 Å². The molecule has 1 fully saturated rings. The highest BCUT2D eigenvalue weighted by Gasteiger charge is 2.20. The number of methoxy groups -OCH3 is 2. The second-order valence-corrected chi connectivity index (χ2v) is 8.33. The van der Waals surface area contributed by atoms with Crippen molar-refractivity contribution in [2.45, 2.75) is 19.8 Å². The number of aromatic nitrogens is 2. The summed E-state index contributed by atoms with van der Waals surface area (Å²) in [5.74, 6) is 0.999. The van der Waals surface area contributed by atoms with Crippen LogP contribution in [-0.2, 0) is 16.0 Å². The van der Waals surface area contributed by atoms with Crippen LogP contribution in [0.1, 0.15) is 28.2 Å². The van der Waals surface area contributed by atoms with Gasteiger partial charge in [0.25, 0.3) is 5.91 Å². The summed E-state index contributed by atoms with van der Waals surface area (Å²) >= 11 is 0. The number of nitrogens with zero attached hydrogens (tertiary/aromatic N) is 4. The number of aryl methyl sites for hydroxylation is 1. The van der Waals surface area contributed by atoms with Crippen molar-refractivity contribution in [1.82, 2.24) is 25.1 Å². The van der Waals surface area contributed by atoms with Crippen molar-refractivity contribution in [3.63, 3.8) is 0 Å². The summed E-state index contributed by atoms with van der Waals surface area (Å²) in [5, 5.41) is 2.94. The molecule has 3 rings (SSSR count). The molecular weight excluding hydrogens is 450 g/mol.